The monoisotopic (exact) mass is 477 g/mol. The first kappa shape index (κ1) is 22.6. The second kappa shape index (κ2) is 7.89. The fourth-order valence-electron chi connectivity index (χ4n) is 2.77. The molecule has 0 bridgehead atoms. The molecule has 0 unspecified atom stereocenters. The van der Waals surface area contributed by atoms with Crippen LogP contribution in [-0.4, -0.2) is 29.3 Å². The second-order valence-electron chi connectivity index (χ2n) is 6.44. The van der Waals surface area contributed by atoms with Crippen LogP contribution < -0.4 is 10.0 Å². The molecule has 2 N–H and O–H groups in total. The summed E-state index contributed by atoms with van der Waals surface area (Å²) in [6.45, 7) is 2.82. The topological polar surface area (TPSA) is 119 Å². The minimum atomic E-state index is -4.93. The van der Waals surface area contributed by atoms with Crippen molar-refractivity contribution in [3.63, 3.8) is 0 Å². The first-order chi connectivity index (χ1) is 14.3. The molecule has 3 aromatic rings. The van der Waals surface area contributed by atoms with Crippen LogP contribution >= 0.6 is 11.6 Å². The Kier molecular flexibility index (Phi) is 5.76. The summed E-state index contributed by atoms with van der Waals surface area (Å²) in [6.07, 6.45) is -3.81. The number of carbonyl (C=O) groups excluding carboxylic acids is 1. The summed E-state index contributed by atoms with van der Waals surface area (Å²) < 4.78 is 74.0. The van der Waals surface area contributed by atoms with Gasteiger partial charge in [0.2, 0.25) is 0 Å². The molecule has 0 atom stereocenters. The minimum absolute atomic E-state index is 0.0153. The van der Waals surface area contributed by atoms with E-state index in [4.69, 9.17) is 16.1 Å². The van der Waals surface area contributed by atoms with Crippen molar-refractivity contribution in [2.75, 3.05) is 10.0 Å². The summed E-state index contributed by atoms with van der Waals surface area (Å²) >= 11 is 5.94. The average Bonchev–Trinajstić information content (AvgIpc) is 3.18. The van der Waals surface area contributed by atoms with Gasteiger partial charge in [-0.2, -0.15) is 18.3 Å². The molecule has 2 aromatic heterocycles. The zero-order valence-corrected chi connectivity index (χ0v) is 17.8. The minimum Gasteiger partial charge on any atom is -0.361 e. The lowest BCUT2D eigenvalue weighted by atomic mass is 10.1. The van der Waals surface area contributed by atoms with Gasteiger partial charge in [0, 0.05) is 12.7 Å². The lowest BCUT2D eigenvalue weighted by molar-refractivity contribution is -0.136. The Morgan fingerprint density at radius 1 is 1.26 bits per heavy atom. The highest BCUT2D eigenvalue weighted by molar-refractivity contribution is 7.92. The number of amides is 1. The highest BCUT2D eigenvalue weighted by atomic mass is 35.5. The Morgan fingerprint density at radius 2 is 1.94 bits per heavy atom. The third-order valence-electron chi connectivity index (χ3n) is 4.19. The molecule has 0 saturated carbocycles. The van der Waals surface area contributed by atoms with Gasteiger partial charge in [0.15, 0.2) is 0 Å². The molecule has 3 rings (SSSR count). The van der Waals surface area contributed by atoms with E-state index in [-0.39, 0.29) is 27.9 Å². The number of hydrogen-bond acceptors (Lipinski definition) is 6. The van der Waals surface area contributed by atoms with Gasteiger partial charge in [0.05, 0.1) is 23.1 Å². The fourth-order valence-corrected chi connectivity index (χ4v) is 4.60. The van der Waals surface area contributed by atoms with Gasteiger partial charge in [-0.1, -0.05) is 16.8 Å². The van der Waals surface area contributed by atoms with E-state index in [0.717, 1.165) is 23.0 Å². The zero-order chi connectivity index (χ0) is 23.1. The van der Waals surface area contributed by atoms with Crippen molar-refractivity contribution >= 4 is 38.9 Å². The number of benzene rings is 1. The first-order valence-corrected chi connectivity index (χ1v) is 10.3. The summed E-state index contributed by atoms with van der Waals surface area (Å²) in [5.41, 5.74) is -2.21. The second-order valence-corrected chi connectivity index (χ2v) is 8.42. The number of nitrogens with zero attached hydrogens (tertiary/aromatic N) is 3. The van der Waals surface area contributed by atoms with Gasteiger partial charge in [-0.05, 0) is 32.0 Å². The predicted octanol–water partition coefficient (Wildman–Crippen LogP) is 3.75. The molecule has 0 radical (unpaired) electrons. The highest BCUT2D eigenvalue weighted by Crippen LogP contribution is 2.38. The SMILES string of the molecule is Cc1nn(C)c(Cl)c1S(=O)(=O)Nc1ccc(NC(=O)c2cnoc2C)cc1C(F)(F)F. The van der Waals surface area contributed by atoms with Crippen LogP contribution in [0.3, 0.4) is 0 Å². The molecule has 2 heterocycles. The van der Waals surface area contributed by atoms with Crippen LogP contribution in [0.4, 0.5) is 24.5 Å². The van der Waals surface area contributed by atoms with Crippen LogP contribution in [0.25, 0.3) is 0 Å². The number of hydrogen-bond donors (Lipinski definition) is 2. The number of alkyl halides is 3. The number of halogens is 4. The Bertz CT molecular complexity index is 1270. The van der Waals surface area contributed by atoms with Crippen molar-refractivity contribution in [1.82, 2.24) is 14.9 Å². The van der Waals surface area contributed by atoms with E-state index in [9.17, 15) is 26.4 Å². The number of nitrogens with one attached hydrogen (secondary N) is 2. The lowest BCUT2D eigenvalue weighted by Gasteiger charge is -2.16. The molecule has 1 amide bonds. The van der Waals surface area contributed by atoms with E-state index < -0.39 is 38.3 Å². The third kappa shape index (κ3) is 4.51. The van der Waals surface area contributed by atoms with Crippen molar-refractivity contribution < 1.29 is 30.9 Å². The fraction of sp³-hybridized carbons (Fsp3) is 0.235. The molecule has 14 heteroatoms. The molecular weight excluding hydrogens is 463 g/mol. The predicted molar refractivity (Wildman–Crippen MR) is 104 cm³/mol. The maximum atomic E-state index is 13.6. The standard InChI is InChI=1S/C17H15ClF3N5O4S/c1-8-14(15(18)26(3)24-8)31(28,29)25-13-5-4-10(6-12(13)17(19,20)21)23-16(27)11-7-22-30-9(11)2/h4-7,25H,1-3H3,(H,23,27). The van der Waals surface area contributed by atoms with Gasteiger partial charge in [-0.3, -0.25) is 14.2 Å². The molecule has 0 fully saturated rings. The van der Waals surface area contributed by atoms with Crippen LogP contribution in [0, 0.1) is 13.8 Å². The van der Waals surface area contributed by atoms with Gasteiger partial charge in [0.25, 0.3) is 15.9 Å². The smallest absolute Gasteiger partial charge is 0.361 e. The summed E-state index contributed by atoms with van der Waals surface area (Å²) in [5, 5.41) is 9.31. The average molecular weight is 478 g/mol. The molecule has 0 aliphatic rings. The molecular formula is C17H15ClF3N5O4S. The van der Waals surface area contributed by atoms with Crippen molar-refractivity contribution in [1.29, 1.82) is 0 Å². The number of carbonyl (C=O) groups is 1. The van der Waals surface area contributed by atoms with E-state index in [2.05, 4.69) is 15.6 Å². The Morgan fingerprint density at radius 3 is 2.45 bits per heavy atom. The maximum Gasteiger partial charge on any atom is 0.418 e. The maximum absolute atomic E-state index is 13.6. The largest absolute Gasteiger partial charge is 0.418 e. The van der Waals surface area contributed by atoms with Crippen LogP contribution in [0.15, 0.2) is 33.8 Å². The number of aromatic nitrogens is 3. The van der Waals surface area contributed by atoms with E-state index in [1.165, 1.54) is 20.9 Å². The van der Waals surface area contributed by atoms with Crippen LogP contribution in [0.1, 0.15) is 27.4 Å². The number of rotatable bonds is 5. The molecule has 166 valence electrons. The Labute approximate surface area is 179 Å². The van der Waals surface area contributed by atoms with E-state index in [1.807, 2.05) is 4.72 Å². The Hall–Kier alpha value is -3.06. The summed E-state index contributed by atoms with van der Waals surface area (Å²) in [7, 11) is -3.09. The van der Waals surface area contributed by atoms with E-state index in [1.54, 1.807) is 0 Å². The summed E-state index contributed by atoms with van der Waals surface area (Å²) in [6, 6.07) is 2.61. The van der Waals surface area contributed by atoms with Gasteiger partial charge >= 0.3 is 6.18 Å². The van der Waals surface area contributed by atoms with Crippen LogP contribution in [-0.2, 0) is 23.2 Å². The van der Waals surface area contributed by atoms with Crippen molar-refractivity contribution in [2.45, 2.75) is 24.9 Å². The first-order valence-electron chi connectivity index (χ1n) is 8.47. The quantitative estimate of drug-likeness (QED) is 0.577. The highest BCUT2D eigenvalue weighted by Gasteiger charge is 2.36. The zero-order valence-electron chi connectivity index (χ0n) is 16.2. The van der Waals surface area contributed by atoms with Gasteiger partial charge < -0.3 is 9.84 Å². The van der Waals surface area contributed by atoms with Crippen LogP contribution in [0.2, 0.25) is 5.15 Å². The third-order valence-corrected chi connectivity index (χ3v) is 6.25. The summed E-state index contributed by atoms with van der Waals surface area (Å²) in [4.78, 5) is 11.8. The number of anilines is 2. The van der Waals surface area contributed by atoms with Gasteiger partial charge in [0.1, 0.15) is 21.4 Å². The number of sulfonamides is 1. The molecule has 0 aliphatic heterocycles. The Balaban J connectivity index is 1.98. The lowest BCUT2D eigenvalue weighted by Crippen LogP contribution is -2.19. The molecule has 9 nitrogen and oxygen atoms in total. The molecule has 1 aromatic carbocycles. The van der Waals surface area contributed by atoms with Crippen molar-refractivity contribution in [3.8, 4) is 0 Å². The van der Waals surface area contributed by atoms with Crippen LogP contribution in [0.5, 0.6) is 0 Å². The molecule has 31 heavy (non-hydrogen) atoms. The number of aryl methyl sites for hydroxylation is 3. The van der Waals surface area contributed by atoms with Gasteiger partial charge in [-0.15, -0.1) is 0 Å². The van der Waals surface area contributed by atoms with E-state index >= 15 is 0 Å². The van der Waals surface area contributed by atoms with E-state index in [0.29, 0.717) is 6.07 Å². The van der Waals surface area contributed by atoms with Crippen molar-refractivity contribution in [3.05, 3.63) is 52.1 Å². The molecule has 0 saturated heterocycles. The normalized spacial score (nSPS) is 12.1. The molecule has 0 aliphatic carbocycles. The van der Waals surface area contributed by atoms with Gasteiger partial charge in [-0.25, -0.2) is 8.42 Å². The van der Waals surface area contributed by atoms with Crippen molar-refractivity contribution in [2.24, 2.45) is 7.05 Å². The molecule has 0 spiro atoms. The summed E-state index contributed by atoms with van der Waals surface area (Å²) in [5.74, 6) is -0.556.